The molecular weight excluding hydrogens is 341 g/mol. The predicted molar refractivity (Wildman–Crippen MR) is 103 cm³/mol. The number of likely N-dealkylation sites (tertiary alicyclic amines) is 1. The lowest BCUT2D eigenvalue weighted by atomic mass is 9.66. The van der Waals surface area contributed by atoms with Gasteiger partial charge in [-0.1, -0.05) is 31.0 Å². The van der Waals surface area contributed by atoms with Crippen LogP contribution in [-0.2, 0) is 6.54 Å². The molecule has 1 saturated heterocycles. The quantitative estimate of drug-likeness (QED) is 0.866. The highest BCUT2D eigenvalue weighted by Gasteiger charge is 2.51. The molecule has 1 saturated carbocycles. The van der Waals surface area contributed by atoms with E-state index >= 15 is 0 Å². The fourth-order valence-corrected chi connectivity index (χ4v) is 5.22. The molecule has 0 radical (unpaired) electrons. The molecule has 0 bridgehead atoms. The zero-order chi connectivity index (χ0) is 18.9. The van der Waals surface area contributed by atoms with Crippen LogP contribution in [0.4, 0.5) is 4.39 Å². The second-order valence-corrected chi connectivity index (χ2v) is 8.13. The summed E-state index contributed by atoms with van der Waals surface area (Å²) in [4.78, 5) is 1.35. The average Bonchev–Trinajstić information content (AvgIpc) is 2.70. The van der Waals surface area contributed by atoms with Crippen LogP contribution in [0.15, 0.2) is 48.5 Å². The van der Waals surface area contributed by atoms with Crippen LogP contribution >= 0.6 is 0 Å². The number of quaternary nitrogens is 1. The van der Waals surface area contributed by atoms with Gasteiger partial charge in [0.2, 0.25) is 0 Å². The van der Waals surface area contributed by atoms with E-state index in [0.29, 0.717) is 6.54 Å². The summed E-state index contributed by atoms with van der Waals surface area (Å²) in [5.74, 6) is 0.919. The molecule has 2 aromatic carbocycles. The smallest absolute Gasteiger partial charge is 0.132 e. The Morgan fingerprint density at radius 1 is 1.11 bits per heavy atom. The van der Waals surface area contributed by atoms with Crippen LogP contribution in [0.3, 0.4) is 0 Å². The summed E-state index contributed by atoms with van der Waals surface area (Å²) in [6.07, 6.45) is 4.98. The predicted octanol–water partition coefficient (Wildman–Crippen LogP) is 3.29. The first kappa shape index (κ1) is 18.5. The summed E-state index contributed by atoms with van der Waals surface area (Å²) in [5, 5.41) is 11.3. The number of halogens is 1. The monoisotopic (exact) mass is 370 g/mol. The van der Waals surface area contributed by atoms with E-state index in [1.165, 1.54) is 16.5 Å². The number of aliphatic hydroxyl groups is 1. The van der Waals surface area contributed by atoms with E-state index in [1.807, 2.05) is 24.3 Å². The Morgan fingerprint density at radius 3 is 2.63 bits per heavy atom. The zero-order valence-corrected chi connectivity index (χ0v) is 16.0. The normalized spacial score (nSPS) is 30.6. The van der Waals surface area contributed by atoms with Gasteiger partial charge in [0, 0.05) is 23.5 Å². The van der Waals surface area contributed by atoms with Gasteiger partial charge in [-0.05, 0) is 43.2 Å². The van der Waals surface area contributed by atoms with Gasteiger partial charge in [0.15, 0.2) is 0 Å². The maximum absolute atomic E-state index is 14.3. The Bertz CT molecular complexity index is 778. The molecule has 0 spiro atoms. The van der Waals surface area contributed by atoms with Crippen molar-refractivity contribution in [3.63, 3.8) is 0 Å². The number of benzene rings is 2. The summed E-state index contributed by atoms with van der Waals surface area (Å²) in [7, 11) is 1.67. The minimum atomic E-state index is -0.582. The molecule has 1 aliphatic carbocycles. The van der Waals surface area contributed by atoms with Crippen LogP contribution in [0.5, 0.6) is 5.75 Å². The fourth-order valence-electron chi connectivity index (χ4n) is 5.22. The van der Waals surface area contributed by atoms with E-state index in [4.69, 9.17) is 4.74 Å². The molecule has 1 heterocycles. The van der Waals surface area contributed by atoms with Crippen molar-refractivity contribution in [2.45, 2.75) is 50.3 Å². The largest absolute Gasteiger partial charge is 0.497 e. The van der Waals surface area contributed by atoms with Crippen molar-refractivity contribution >= 4 is 0 Å². The number of nitrogens with one attached hydrogen (secondary N) is 1. The van der Waals surface area contributed by atoms with Crippen LogP contribution in [0, 0.1) is 11.7 Å². The van der Waals surface area contributed by atoms with Crippen LogP contribution in [0.25, 0.3) is 0 Å². The number of methoxy groups -OCH3 is 1. The highest BCUT2D eigenvalue weighted by atomic mass is 19.1. The first-order valence-electron chi connectivity index (χ1n) is 10.0. The molecule has 4 atom stereocenters. The summed E-state index contributed by atoms with van der Waals surface area (Å²) < 4.78 is 19.6. The Kier molecular flexibility index (Phi) is 5.20. The SMILES string of the molecule is COc1ccc([C@H]2[C@@H]3CCCC[C@]3(O)CC[NH+]2Cc2ccccc2F)cc1. The topological polar surface area (TPSA) is 33.9 Å². The van der Waals surface area contributed by atoms with E-state index < -0.39 is 5.60 Å². The van der Waals surface area contributed by atoms with Crippen LogP contribution in [-0.4, -0.2) is 24.4 Å². The highest BCUT2D eigenvalue weighted by Crippen LogP contribution is 2.44. The number of rotatable bonds is 4. The Hall–Kier alpha value is -1.91. The lowest BCUT2D eigenvalue weighted by Crippen LogP contribution is -3.13. The minimum absolute atomic E-state index is 0.136. The molecule has 0 amide bonds. The molecule has 0 aromatic heterocycles. The average molecular weight is 370 g/mol. The molecule has 1 aliphatic heterocycles. The summed E-state index contributed by atoms with van der Waals surface area (Å²) >= 11 is 0. The molecule has 2 aliphatic rings. The fraction of sp³-hybridized carbons (Fsp3) is 0.478. The summed E-state index contributed by atoms with van der Waals surface area (Å²) in [6, 6.07) is 15.5. The van der Waals surface area contributed by atoms with Crippen LogP contribution in [0.2, 0.25) is 0 Å². The zero-order valence-electron chi connectivity index (χ0n) is 16.0. The lowest BCUT2D eigenvalue weighted by Gasteiger charge is -2.50. The van der Waals surface area contributed by atoms with Crippen molar-refractivity contribution in [1.29, 1.82) is 0 Å². The van der Waals surface area contributed by atoms with Gasteiger partial charge in [-0.2, -0.15) is 0 Å². The van der Waals surface area contributed by atoms with Gasteiger partial charge >= 0.3 is 0 Å². The second kappa shape index (κ2) is 7.61. The van der Waals surface area contributed by atoms with E-state index in [-0.39, 0.29) is 17.8 Å². The third-order valence-corrected chi connectivity index (χ3v) is 6.64. The van der Waals surface area contributed by atoms with Gasteiger partial charge in [-0.25, -0.2) is 4.39 Å². The van der Waals surface area contributed by atoms with Gasteiger partial charge in [-0.15, -0.1) is 0 Å². The van der Waals surface area contributed by atoms with Gasteiger partial charge in [0.1, 0.15) is 24.2 Å². The molecule has 2 aromatic rings. The van der Waals surface area contributed by atoms with E-state index in [0.717, 1.165) is 50.0 Å². The first-order chi connectivity index (χ1) is 13.1. The molecular formula is C23H29FNO2+. The van der Waals surface area contributed by atoms with Gasteiger partial charge in [0.25, 0.3) is 0 Å². The van der Waals surface area contributed by atoms with Crippen molar-refractivity contribution in [3.05, 3.63) is 65.5 Å². The third kappa shape index (κ3) is 3.61. The standard InChI is InChI=1S/C23H28FNO2/c1-27-19-11-9-17(10-12-19)22-20-7-4-5-13-23(20,26)14-15-25(22)16-18-6-2-3-8-21(18)24/h2-3,6,8-12,20,22,26H,4-5,7,13-16H2,1H3/p+1/t20-,22-,23-/m0/s1. The van der Waals surface area contributed by atoms with Gasteiger partial charge in [-0.3, -0.25) is 0 Å². The highest BCUT2D eigenvalue weighted by molar-refractivity contribution is 5.29. The number of hydrogen-bond donors (Lipinski definition) is 2. The van der Waals surface area contributed by atoms with Crippen molar-refractivity contribution in [3.8, 4) is 5.75 Å². The van der Waals surface area contributed by atoms with Crippen LogP contribution in [0.1, 0.15) is 49.3 Å². The van der Waals surface area contributed by atoms with Crippen molar-refractivity contribution in [2.75, 3.05) is 13.7 Å². The first-order valence-corrected chi connectivity index (χ1v) is 10.0. The Labute approximate surface area is 160 Å². The van der Waals surface area contributed by atoms with E-state index in [2.05, 4.69) is 12.1 Å². The number of ether oxygens (including phenoxy) is 1. The van der Waals surface area contributed by atoms with E-state index in [9.17, 15) is 9.50 Å². The Morgan fingerprint density at radius 2 is 1.89 bits per heavy atom. The maximum atomic E-state index is 14.3. The van der Waals surface area contributed by atoms with Crippen molar-refractivity contribution in [1.82, 2.24) is 0 Å². The molecule has 27 heavy (non-hydrogen) atoms. The number of fused-ring (bicyclic) bond motifs is 1. The molecule has 4 heteroatoms. The summed E-state index contributed by atoms with van der Waals surface area (Å²) in [6.45, 7) is 1.51. The summed E-state index contributed by atoms with van der Waals surface area (Å²) in [5.41, 5.74) is 1.39. The number of piperidine rings is 1. The molecule has 3 nitrogen and oxygen atoms in total. The lowest BCUT2D eigenvalue weighted by molar-refractivity contribution is -0.958. The molecule has 4 rings (SSSR count). The Balaban J connectivity index is 1.69. The van der Waals surface area contributed by atoms with Gasteiger partial charge < -0.3 is 14.7 Å². The molecule has 2 fully saturated rings. The van der Waals surface area contributed by atoms with Crippen molar-refractivity contribution in [2.24, 2.45) is 5.92 Å². The molecule has 1 unspecified atom stereocenters. The number of hydrogen-bond acceptors (Lipinski definition) is 2. The maximum Gasteiger partial charge on any atom is 0.132 e. The van der Waals surface area contributed by atoms with Crippen molar-refractivity contribution < 1.29 is 19.1 Å². The van der Waals surface area contributed by atoms with Gasteiger partial charge in [0.05, 0.1) is 19.3 Å². The third-order valence-electron chi connectivity index (χ3n) is 6.64. The van der Waals surface area contributed by atoms with E-state index in [1.54, 1.807) is 13.2 Å². The minimum Gasteiger partial charge on any atom is -0.497 e. The second-order valence-electron chi connectivity index (χ2n) is 8.13. The van der Waals surface area contributed by atoms with Crippen LogP contribution < -0.4 is 9.64 Å². The molecule has 144 valence electrons. The molecule has 2 N–H and O–H groups in total.